The van der Waals surface area contributed by atoms with Crippen molar-refractivity contribution >= 4 is 29.0 Å². The molecule has 0 spiro atoms. The van der Waals surface area contributed by atoms with E-state index in [1.54, 1.807) is 17.8 Å². The van der Waals surface area contributed by atoms with E-state index in [-0.39, 0.29) is 5.97 Å². The lowest BCUT2D eigenvalue weighted by molar-refractivity contribution is -0.139. The van der Waals surface area contributed by atoms with Gasteiger partial charge in [-0.15, -0.1) is 0 Å². The molecule has 3 rings (SSSR count). The van der Waals surface area contributed by atoms with Crippen LogP contribution in [0.1, 0.15) is 31.0 Å². The van der Waals surface area contributed by atoms with Gasteiger partial charge in [-0.05, 0) is 45.1 Å². The largest absolute Gasteiger partial charge is 0.463 e. The van der Waals surface area contributed by atoms with Crippen LogP contribution < -0.4 is 10.2 Å². The Kier molecular flexibility index (Phi) is 5.08. The fraction of sp³-hybridized carbons (Fsp3) is 0.316. The van der Waals surface area contributed by atoms with Crippen LogP contribution in [0.2, 0.25) is 0 Å². The number of hydrogen-bond acceptors (Lipinski definition) is 4. The van der Waals surface area contributed by atoms with E-state index >= 15 is 0 Å². The molecule has 136 valence electrons. The van der Waals surface area contributed by atoms with Crippen LogP contribution in [0.3, 0.4) is 0 Å². The maximum absolute atomic E-state index is 12.7. The molecule has 0 aliphatic carbocycles. The lowest BCUT2D eigenvalue weighted by atomic mass is 9.97. The van der Waals surface area contributed by atoms with Crippen LogP contribution in [0, 0.1) is 6.92 Å². The van der Waals surface area contributed by atoms with Crippen LogP contribution in [0.15, 0.2) is 47.9 Å². The average molecular weight is 370 g/mol. The number of ether oxygens (including phenoxy) is 1. The van der Waals surface area contributed by atoms with Gasteiger partial charge in [0, 0.05) is 30.2 Å². The van der Waals surface area contributed by atoms with Gasteiger partial charge < -0.3 is 10.1 Å². The predicted molar refractivity (Wildman–Crippen MR) is 105 cm³/mol. The van der Waals surface area contributed by atoms with Gasteiger partial charge in [0.2, 0.25) is 0 Å². The fourth-order valence-electron chi connectivity index (χ4n) is 3.06. The second kappa shape index (κ2) is 7.29. The molecule has 2 heterocycles. The van der Waals surface area contributed by atoms with Gasteiger partial charge in [-0.25, -0.2) is 4.79 Å². The molecule has 6 nitrogen and oxygen atoms in total. The van der Waals surface area contributed by atoms with Gasteiger partial charge in [-0.2, -0.15) is 5.10 Å². The van der Waals surface area contributed by atoms with E-state index in [9.17, 15) is 4.79 Å². The second-order valence-electron chi connectivity index (χ2n) is 6.22. The van der Waals surface area contributed by atoms with E-state index in [4.69, 9.17) is 17.0 Å². The summed E-state index contributed by atoms with van der Waals surface area (Å²) >= 11 is 5.61. The van der Waals surface area contributed by atoms with Crippen LogP contribution in [-0.2, 0) is 16.6 Å². The Morgan fingerprint density at radius 3 is 2.58 bits per heavy atom. The van der Waals surface area contributed by atoms with Crippen molar-refractivity contribution in [2.45, 2.75) is 26.8 Å². The highest BCUT2D eigenvalue weighted by molar-refractivity contribution is 7.80. The van der Waals surface area contributed by atoms with Gasteiger partial charge in [0.25, 0.3) is 0 Å². The predicted octanol–water partition coefficient (Wildman–Crippen LogP) is 3.00. The Labute approximate surface area is 158 Å². The molecule has 0 saturated heterocycles. The number of esters is 1. The number of anilines is 1. The molecule has 1 aliphatic rings. The average Bonchev–Trinajstić information content (AvgIpc) is 3.02. The topological polar surface area (TPSA) is 59.4 Å². The lowest BCUT2D eigenvalue weighted by Gasteiger charge is -2.37. The first kappa shape index (κ1) is 18.1. The van der Waals surface area contributed by atoms with E-state index in [0.29, 0.717) is 17.3 Å². The first-order valence-electron chi connectivity index (χ1n) is 8.46. The third kappa shape index (κ3) is 3.35. The van der Waals surface area contributed by atoms with E-state index in [1.165, 1.54) is 0 Å². The van der Waals surface area contributed by atoms with Crippen LogP contribution in [0.5, 0.6) is 0 Å². The number of nitrogens with one attached hydrogen (secondary N) is 1. The van der Waals surface area contributed by atoms with Crippen molar-refractivity contribution in [1.29, 1.82) is 0 Å². The van der Waals surface area contributed by atoms with Crippen molar-refractivity contribution in [3.05, 3.63) is 59.1 Å². The number of hydrogen-bond donors (Lipinski definition) is 1. The first-order chi connectivity index (χ1) is 12.4. The zero-order chi connectivity index (χ0) is 18.8. The molecule has 0 amide bonds. The van der Waals surface area contributed by atoms with Crippen LogP contribution >= 0.6 is 12.2 Å². The highest BCUT2D eigenvalue weighted by atomic mass is 32.1. The third-order valence-electron chi connectivity index (χ3n) is 4.33. The first-order valence-corrected chi connectivity index (χ1v) is 8.87. The highest BCUT2D eigenvalue weighted by Gasteiger charge is 2.35. The summed E-state index contributed by atoms with van der Waals surface area (Å²) in [6, 6.07) is 7.61. The molecule has 0 saturated carbocycles. The minimum absolute atomic E-state index is 0.310. The molecule has 0 bridgehead atoms. The van der Waals surface area contributed by atoms with Gasteiger partial charge >= 0.3 is 5.97 Å². The van der Waals surface area contributed by atoms with Crippen molar-refractivity contribution in [2.24, 2.45) is 7.05 Å². The van der Waals surface area contributed by atoms with Gasteiger partial charge in [-0.1, -0.05) is 17.7 Å². The SMILES string of the molecule is CCOC(=O)C1=C(C)N(c2ccc(C)cc2)C(=S)NC1c1cnn(C)c1. The molecule has 1 aromatic heterocycles. The summed E-state index contributed by atoms with van der Waals surface area (Å²) in [6.45, 7) is 6.03. The minimum atomic E-state index is -0.392. The maximum atomic E-state index is 12.7. The lowest BCUT2D eigenvalue weighted by Crippen LogP contribution is -2.48. The van der Waals surface area contributed by atoms with Gasteiger partial charge in [-0.3, -0.25) is 9.58 Å². The van der Waals surface area contributed by atoms with Crippen molar-refractivity contribution in [3.63, 3.8) is 0 Å². The number of nitrogens with zero attached hydrogens (tertiary/aromatic N) is 3. The number of carbonyl (C=O) groups is 1. The Balaban J connectivity index is 2.11. The molecule has 1 atom stereocenters. The molecule has 26 heavy (non-hydrogen) atoms. The number of benzene rings is 1. The summed E-state index contributed by atoms with van der Waals surface area (Å²) in [4.78, 5) is 14.6. The molecule has 0 radical (unpaired) electrons. The van der Waals surface area contributed by atoms with Crippen LogP contribution in [-0.4, -0.2) is 27.5 Å². The Bertz CT molecular complexity index is 870. The molecular formula is C19H22N4O2S. The van der Waals surface area contributed by atoms with Gasteiger partial charge in [0.15, 0.2) is 5.11 Å². The second-order valence-corrected chi connectivity index (χ2v) is 6.61. The van der Waals surface area contributed by atoms with Crippen LogP contribution in [0.4, 0.5) is 5.69 Å². The Hall–Kier alpha value is -2.67. The van der Waals surface area contributed by atoms with Crippen molar-refractivity contribution < 1.29 is 9.53 Å². The standard InChI is InChI=1S/C19H22N4O2S/c1-5-25-18(24)16-13(3)23(15-8-6-12(2)7-9-15)19(26)21-17(16)14-10-20-22(4)11-14/h6-11,17H,5H2,1-4H3,(H,21,26). The highest BCUT2D eigenvalue weighted by Crippen LogP contribution is 2.34. The normalized spacial score (nSPS) is 17.3. The van der Waals surface area contributed by atoms with E-state index in [0.717, 1.165) is 22.5 Å². The van der Waals surface area contributed by atoms with Gasteiger partial charge in [0.05, 0.1) is 24.4 Å². The molecule has 1 aromatic carbocycles. The molecule has 7 heteroatoms. The zero-order valence-electron chi connectivity index (χ0n) is 15.3. The fourth-order valence-corrected chi connectivity index (χ4v) is 3.42. The number of allylic oxidation sites excluding steroid dienone is 1. The molecular weight excluding hydrogens is 348 g/mol. The summed E-state index contributed by atoms with van der Waals surface area (Å²) in [5, 5.41) is 8.02. The van der Waals surface area contributed by atoms with E-state index in [2.05, 4.69) is 10.4 Å². The number of rotatable bonds is 4. The Morgan fingerprint density at radius 1 is 1.31 bits per heavy atom. The molecule has 1 unspecified atom stereocenters. The molecule has 1 aliphatic heterocycles. The number of aryl methyl sites for hydroxylation is 2. The van der Waals surface area contributed by atoms with Crippen molar-refractivity contribution in [1.82, 2.24) is 15.1 Å². The van der Waals surface area contributed by atoms with E-state index in [1.807, 2.05) is 56.3 Å². The molecule has 1 N–H and O–H groups in total. The zero-order valence-corrected chi connectivity index (χ0v) is 16.1. The van der Waals surface area contributed by atoms with Crippen LogP contribution in [0.25, 0.3) is 0 Å². The summed E-state index contributed by atoms with van der Waals surface area (Å²) in [6.07, 6.45) is 3.60. The van der Waals surface area contributed by atoms with Gasteiger partial charge in [0.1, 0.15) is 0 Å². The minimum Gasteiger partial charge on any atom is -0.463 e. The molecule has 2 aromatic rings. The third-order valence-corrected chi connectivity index (χ3v) is 4.63. The smallest absolute Gasteiger partial charge is 0.338 e. The maximum Gasteiger partial charge on any atom is 0.338 e. The monoisotopic (exact) mass is 370 g/mol. The molecule has 0 fully saturated rings. The quantitative estimate of drug-likeness (QED) is 0.660. The van der Waals surface area contributed by atoms with Crippen molar-refractivity contribution in [2.75, 3.05) is 11.5 Å². The van der Waals surface area contributed by atoms with Crippen molar-refractivity contribution in [3.8, 4) is 0 Å². The number of thiocarbonyl (C=S) groups is 1. The summed E-state index contributed by atoms with van der Waals surface area (Å²) < 4.78 is 7.01. The number of carbonyl (C=O) groups excluding carboxylic acids is 1. The van der Waals surface area contributed by atoms with E-state index < -0.39 is 6.04 Å². The summed E-state index contributed by atoms with van der Waals surface area (Å²) in [5.74, 6) is -0.356. The summed E-state index contributed by atoms with van der Waals surface area (Å²) in [5.41, 5.74) is 4.21. The summed E-state index contributed by atoms with van der Waals surface area (Å²) in [7, 11) is 1.84. The number of aromatic nitrogens is 2. The Morgan fingerprint density at radius 2 is 2.00 bits per heavy atom.